The quantitative estimate of drug-likeness (QED) is 0.841. The highest BCUT2D eigenvalue weighted by atomic mass is 35.5. The molecule has 0 saturated heterocycles. The van der Waals surface area contributed by atoms with Gasteiger partial charge < -0.3 is 10.1 Å². The van der Waals surface area contributed by atoms with E-state index in [1.807, 2.05) is 31.2 Å². The minimum absolute atomic E-state index is 0. The molecule has 0 spiro atoms. The fourth-order valence-corrected chi connectivity index (χ4v) is 0.924. The Bertz CT molecular complexity index is 285. The normalized spacial score (nSPS) is 8.71. The third kappa shape index (κ3) is 3.66. The van der Waals surface area contributed by atoms with Crippen molar-refractivity contribution in [3.8, 4) is 5.75 Å². The second kappa shape index (κ2) is 6.27. The molecule has 1 rings (SSSR count). The molecule has 0 aliphatic carbocycles. The molecule has 1 amide bonds. The number of nitrogens with one attached hydrogen (secondary N) is 1. The zero-order chi connectivity index (χ0) is 9.68. The summed E-state index contributed by atoms with van der Waals surface area (Å²) >= 11 is 0. The van der Waals surface area contributed by atoms with Gasteiger partial charge in [0.1, 0.15) is 5.75 Å². The molecule has 0 heterocycles. The van der Waals surface area contributed by atoms with Crippen molar-refractivity contribution in [2.75, 3.05) is 12.4 Å². The first-order chi connectivity index (χ1) is 6.26. The molecule has 78 valence electrons. The van der Waals surface area contributed by atoms with E-state index in [0.717, 1.165) is 11.4 Å². The Labute approximate surface area is 89.9 Å². The molecule has 0 aliphatic rings. The maximum absolute atomic E-state index is 11.0. The Kier molecular flexibility index (Phi) is 5.72. The molecule has 14 heavy (non-hydrogen) atoms. The molecule has 0 atom stereocenters. The van der Waals surface area contributed by atoms with Gasteiger partial charge in [-0.05, 0) is 24.3 Å². The largest absolute Gasteiger partial charge is 0.497 e. The second-order valence-electron chi connectivity index (χ2n) is 2.63. The maximum atomic E-state index is 11.0. The van der Waals surface area contributed by atoms with Crippen LogP contribution in [-0.2, 0) is 4.79 Å². The van der Waals surface area contributed by atoms with E-state index >= 15 is 0 Å². The SMILES string of the molecule is CCC(=O)Nc1ccc(OC)cc1.Cl. The molecule has 0 aliphatic heterocycles. The summed E-state index contributed by atoms with van der Waals surface area (Å²) < 4.78 is 4.99. The lowest BCUT2D eigenvalue weighted by Crippen LogP contribution is -2.08. The topological polar surface area (TPSA) is 38.3 Å². The highest BCUT2D eigenvalue weighted by molar-refractivity contribution is 5.90. The number of carbonyl (C=O) groups is 1. The van der Waals surface area contributed by atoms with Gasteiger partial charge in [0.15, 0.2) is 0 Å². The molecule has 3 nitrogen and oxygen atoms in total. The number of hydrogen-bond donors (Lipinski definition) is 1. The fraction of sp³-hybridized carbons (Fsp3) is 0.300. The number of anilines is 1. The molecule has 0 radical (unpaired) electrons. The number of hydrogen-bond acceptors (Lipinski definition) is 2. The first-order valence-electron chi connectivity index (χ1n) is 4.20. The van der Waals surface area contributed by atoms with Crippen molar-refractivity contribution < 1.29 is 9.53 Å². The lowest BCUT2D eigenvalue weighted by atomic mass is 10.3. The van der Waals surface area contributed by atoms with Crippen molar-refractivity contribution in [1.82, 2.24) is 0 Å². The van der Waals surface area contributed by atoms with Crippen LogP contribution in [0.25, 0.3) is 0 Å². The minimum Gasteiger partial charge on any atom is -0.497 e. The zero-order valence-corrected chi connectivity index (χ0v) is 9.06. The van der Waals surface area contributed by atoms with Crippen LogP contribution in [0.5, 0.6) is 5.75 Å². The number of methoxy groups -OCH3 is 1. The van der Waals surface area contributed by atoms with Crippen molar-refractivity contribution in [1.29, 1.82) is 0 Å². The second-order valence-corrected chi connectivity index (χ2v) is 2.63. The minimum atomic E-state index is 0. The van der Waals surface area contributed by atoms with E-state index in [-0.39, 0.29) is 18.3 Å². The first kappa shape index (κ1) is 12.8. The average Bonchev–Trinajstić information content (AvgIpc) is 2.19. The number of carbonyl (C=O) groups excluding carboxylic acids is 1. The Morgan fingerprint density at radius 2 is 1.93 bits per heavy atom. The van der Waals surface area contributed by atoms with Crippen LogP contribution in [0.15, 0.2) is 24.3 Å². The average molecular weight is 216 g/mol. The van der Waals surface area contributed by atoms with Gasteiger partial charge in [0.25, 0.3) is 0 Å². The van der Waals surface area contributed by atoms with Gasteiger partial charge in [-0.2, -0.15) is 0 Å². The van der Waals surface area contributed by atoms with Crippen molar-refractivity contribution in [3.05, 3.63) is 24.3 Å². The number of benzene rings is 1. The summed E-state index contributed by atoms with van der Waals surface area (Å²) in [6.45, 7) is 1.82. The van der Waals surface area contributed by atoms with Gasteiger partial charge in [0.05, 0.1) is 7.11 Å². The van der Waals surface area contributed by atoms with Crippen molar-refractivity contribution >= 4 is 24.0 Å². The van der Waals surface area contributed by atoms with Crippen LogP contribution in [0.2, 0.25) is 0 Å². The summed E-state index contributed by atoms with van der Waals surface area (Å²) in [5.74, 6) is 0.805. The fourth-order valence-electron chi connectivity index (χ4n) is 0.924. The molecule has 0 bridgehead atoms. The lowest BCUT2D eigenvalue weighted by molar-refractivity contribution is -0.115. The molecule has 1 N–H and O–H groups in total. The number of ether oxygens (including phenoxy) is 1. The molecular formula is C10H14ClNO2. The molecule has 1 aromatic rings. The Balaban J connectivity index is 0.00000169. The standard InChI is InChI=1S/C10H13NO2.ClH/c1-3-10(12)11-8-4-6-9(13-2)7-5-8;/h4-7H,3H2,1-2H3,(H,11,12);1H. The van der Waals surface area contributed by atoms with Gasteiger partial charge in [-0.1, -0.05) is 6.92 Å². The number of halogens is 1. The first-order valence-corrected chi connectivity index (χ1v) is 4.20. The van der Waals surface area contributed by atoms with E-state index in [1.165, 1.54) is 0 Å². The van der Waals surface area contributed by atoms with E-state index in [2.05, 4.69) is 5.32 Å². The summed E-state index contributed by atoms with van der Waals surface area (Å²) in [7, 11) is 1.61. The third-order valence-electron chi connectivity index (χ3n) is 1.69. The molecule has 0 saturated carbocycles. The van der Waals surface area contributed by atoms with Gasteiger partial charge >= 0.3 is 0 Å². The van der Waals surface area contributed by atoms with Crippen LogP contribution in [0.1, 0.15) is 13.3 Å². The highest BCUT2D eigenvalue weighted by Gasteiger charge is 1.97. The van der Waals surface area contributed by atoms with Gasteiger partial charge in [-0.25, -0.2) is 0 Å². The van der Waals surface area contributed by atoms with E-state index in [9.17, 15) is 4.79 Å². The summed E-state index contributed by atoms with van der Waals surface area (Å²) in [5.41, 5.74) is 0.799. The third-order valence-corrected chi connectivity index (χ3v) is 1.69. The zero-order valence-electron chi connectivity index (χ0n) is 8.24. The lowest BCUT2D eigenvalue weighted by Gasteiger charge is -2.04. The van der Waals surface area contributed by atoms with E-state index in [1.54, 1.807) is 7.11 Å². The smallest absolute Gasteiger partial charge is 0.224 e. The van der Waals surface area contributed by atoms with E-state index < -0.39 is 0 Å². The Morgan fingerprint density at radius 1 is 1.36 bits per heavy atom. The maximum Gasteiger partial charge on any atom is 0.224 e. The summed E-state index contributed by atoms with van der Waals surface area (Å²) in [6.07, 6.45) is 0.492. The van der Waals surface area contributed by atoms with Crippen molar-refractivity contribution in [2.45, 2.75) is 13.3 Å². The molecule has 0 unspecified atom stereocenters. The van der Waals surface area contributed by atoms with Crippen LogP contribution in [0, 0.1) is 0 Å². The predicted octanol–water partition coefficient (Wildman–Crippen LogP) is 2.47. The Hall–Kier alpha value is -1.22. The molecule has 4 heteroatoms. The monoisotopic (exact) mass is 215 g/mol. The number of rotatable bonds is 3. The van der Waals surface area contributed by atoms with Crippen LogP contribution in [0.4, 0.5) is 5.69 Å². The molecule has 0 aromatic heterocycles. The van der Waals surface area contributed by atoms with Gasteiger partial charge in [0, 0.05) is 12.1 Å². The molecular weight excluding hydrogens is 202 g/mol. The van der Waals surface area contributed by atoms with Crippen LogP contribution in [-0.4, -0.2) is 13.0 Å². The van der Waals surface area contributed by atoms with Crippen LogP contribution in [0.3, 0.4) is 0 Å². The predicted molar refractivity (Wildman–Crippen MR) is 59.2 cm³/mol. The van der Waals surface area contributed by atoms with Gasteiger partial charge in [-0.3, -0.25) is 4.79 Å². The summed E-state index contributed by atoms with van der Waals surface area (Å²) in [5, 5.41) is 2.75. The van der Waals surface area contributed by atoms with E-state index in [4.69, 9.17) is 4.74 Å². The summed E-state index contributed by atoms with van der Waals surface area (Å²) in [6, 6.07) is 7.25. The van der Waals surface area contributed by atoms with Gasteiger partial charge in [-0.15, -0.1) is 12.4 Å². The highest BCUT2D eigenvalue weighted by Crippen LogP contribution is 2.14. The van der Waals surface area contributed by atoms with Crippen LogP contribution < -0.4 is 10.1 Å². The van der Waals surface area contributed by atoms with Crippen molar-refractivity contribution in [3.63, 3.8) is 0 Å². The molecule has 1 aromatic carbocycles. The molecule has 0 fully saturated rings. The number of amides is 1. The van der Waals surface area contributed by atoms with Crippen LogP contribution >= 0.6 is 12.4 Å². The summed E-state index contributed by atoms with van der Waals surface area (Å²) in [4.78, 5) is 11.0. The van der Waals surface area contributed by atoms with E-state index in [0.29, 0.717) is 6.42 Å². The van der Waals surface area contributed by atoms with Crippen molar-refractivity contribution in [2.24, 2.45) is 0 Å². The Morgan fingerprint density at radius 3 is 2.36 bits per heavy atom. The van der Waals surface area contributed by atoms with Gasteiger partial charge in [0.2, 0.25) is 5.91 Å².